The highest BCUT2D eigenvalue weighted by molar-refractivity contribution is 5.98. The third-order valence-electron chi connectivity index (χ3n) is 3.95. The monoisotopic (exact) mass is 346 g/mol. The van der Waals surface area contributed by atoms with E-state index in [4.69, 9.17) is 9.47 Å². The quantitative estimate of drug-likeness (QED) is 0.632. The maximum Gasteiger partial charge on any atom is 0.256 e. The van der Waals surface area contributed by atoms with Crippen LogP contribution in [-0.2, 0) is 9.53 Å². The summed E-state index contributed by atoms with van der Waals surface area (Å²) < 4.78 is 11.4. The van der Waals surface area contributed by atoms with Crippen LogP contribution in [-0.4, -0.2) is 24.7 Å². The van der Waals surface area contributed by atoms with Crippen LogP contribution in [0.4, 0.5) is 5.69 Å². The first-order valence-electron chi connectivity index (χ1n) is 9.13. The minimum absolute atomic E-state index is 0.215. The van der Waals surface area contributed by atoms with Crippen LogP contribution < -0.4 is 10.1 Å². The molecule has 0 radical (unpaired) electrons. The molecular weight excluding hydrogens is 316 g/mol. The summed E-state index contributed by atoms with van der Waals surface area (Å²) in [7, 11) is 0. The van der Waals surface area contributed by atoms with Crippen molar-refractivity contribution in [1.29, 1.82) is 5.26 Å². The first kappa shape index (κ1) is 21.0. The van der Waals surface area contributed by atoms with Crippen LogP contribution >= 0.6 is 0 Å². The van der Waals surface area contributed by atoms with E-state index in [-0.39, 0.29) is 5.91 Å². The minimum Gasteiger partial charge on any atom is -0.494 e. The van der Waals surface area contributed by atoms with Crippen molar-refractivity contribution in [3.8, 4) is 11.8 Å². The summed E-state index contributed by atoms with van der Waals surface area (Å²) >= 11 is 0. The van der Waals surface area contributed by atoms with Crippen molar-refractivity contribution in [1.82, 2.24) is 0 Å². The summed E-state index contributed by atoms with van der Waals surface area (Å²) in [6.45, 7) is 9.06. The fourth-order valence-electron chi connectivity index (χ4n) is 2.38. The van der Waals surface area contributed by atoms with Crippen LogP contribution in [0.5, 0.6) is 5.75 Å². The normalized spacial score (nSPS) is 12.9. The number of anilines is 1. The number of nitrogens with zero attached hydrogens (tertiary/aromatic N) is 1. The number of carbonyl (C=O) groups is 1. The second-order valence-electron chi connectivity index (χ2n) is 6.30. The maximum atomic E-state index is 12.8. The lowest BCUT2D eigenvalue weighted by atomic mass is 9.97. The topological polar surface area (TPSA) is 71.3 Å². The molecule has 5 nitrogen and oxygen atoms in total. The van der Waals surface area contributed by atoms with Crippen molar-refractivity contribution >= 4 is 11.6 Å². The van der Waals surface area contributed by atoms with E-state index >= 15 is 0 Å². The van der Waals surface area contributed by atoms with Crippen molar-refractivity contribution in [3.05, 3.63) is 23.8 Å². The van der Waals surface area contributed by atoms with Gasteiger partial charge in [-0.25, -0.2) is 0 Å². The number of nitrogens with one attached hydrogen (secondary N) is 1. The van der Waals surface area contributed by atoms with Crippen LogP contribution in [0.25, 0.3) is 0 Å². The van der Waals surface area contributed by atoms with Crippen LogP contribution in [0, 0.1) is 11.3 Å². The molecular formula is C20H30N2O3. The number of amides is 1. The average molecular weight is 346 g/mol. The number of rotatable bonds is 11. The van der Waals surface area contributed by atoms with Gasteiger partial charge in [-0.3, -0.25) is 4.79 Å². The molecule has 0 saturated carbocycles. The zero-order valence-electron chi connectivity index (χ0n) is 15.9. The number of carbonyl (C=O) groups excluding carboxylic acids is 1. The van der Waals surface area contributed by atoms with Gasteiger partial charge in [0.2, 0.25) is 0 Å². The van der Waals surface area contributed by atoms with Crippen molar-refractivity contribution in [3.63, 3.8) is 0 Å². The number of hydrogen-bond donors (Lipinski definition) is 1. The molecule has 1 atom stereocenters. The lowest BCUT2D eigenvalue weighted by molar-refractivity contribution is -0.140. The lowest BCUT2D eigenvalue weighted by Gasteiger charge is -2.29. The van der Waals surface area contributed by atoms with Crippen LogP contribution in [0.2, 0.25) is 0 Å². The Labute approximate surface area is 151 Å². The zero-order chi connectivity index (χ0) is 18.7. The molecule has 0 aliphatic rings. The van der Waals surface area contributed by atoms with Crippen LogP contribution in [0.1, 0.15) is 65.4 Å². The Balaban J connectivity index is 2.93. The average Bonchev–Trinajstić information content (AvgIpc) is 2.63. The smallest absolute Gasteiger partial charge is 0.256 e. The largest absolute Gasteiger partial charge is 0.494 e. The van der Waals surface area contributed by atoms with E-state index in [0.717, 1.165) is 25.7 Å². The van der Waals surface area contributed by atoms with E-state index in [1.54, 1.807) is 18.2 Å². The summed E-state index contributed by atoms with van der Waals surface area (Å²) in [5, 5.41) is 12.2. The molecule has 0 fully saturated rings. The molecule has 0 bridgehead atoms. The summed E-state index contributed by atoms with van der Waals surface area (Å²) in [6, 6.07) is 7.25. The highest BCUT2D eigenvalue weighted by Gasteiger charge is 2.33. The lowest BCUT2D eigenvalue weighted by Crippen LogP contribution is -2.43. The van der Waals surface area contributed by atoms with Gasteiger partial charge in [-0.1, -0.05) is 33.6 Å². The van der Waals surface area contributed by atoms with Gasteiger partial charge in [-0.2, -0.15) is 5.26 Å². The highest BCUT2D eigenvalue weighted by Crippen LogP contribution is 2.26. The molecule has 1 unspecified atom stereocenters. The van der Waals surface area contributed by atoms with E-state index in [1.807, 2.05) is 20.8 Å². The summed E-state index contributed by atoms with van der Waals surface area (Å²) in [4.78, 5) is 12.8. The Hall–Kier alpha value is -2.06. The third-order valence-corrected chi connectivity index (χ3v) is 3.95. The molecule has 0 spiro atoms. The summed E-state index contributed by atoms with van der Waals surface area (Å²) in [5.41, 5.74) is -0.0229. The molecule has 1 aromatic rings. The first-order chi connectivity index (χ1) is 12.0. The van der Waals surface area contributed by atoms with E-state index < -0.39 is 5.60 Å². The maximum absolute atomic E-state index is 12.8. The van der Waals surface area contributed by atoms with Gasteiger partial charge in [0.15, 0.2) is 0 Å². The van der Waals surface area contributed by atoms with Crippen molar-refractivity contribution in [2.24, 2.45) is 0 Å². The third kappa shape index (κ3) is 6.39. The van der Waals surface area contributed by atoms with Gasteiger partial charge in [-0.15, -0.1) is 0 Å². The predicted molar refractivity (Wildman–Crippen MR) is 99.7 cm³/mol. The number of nitriles is 1. The zero-order valence-corrected chi connectivity index (χ0v) is 15.9. The number of ether oxygens (including phenoxy) is 2. The molecule has 1 rings (SSSR count). The minimum atomic E-state index is -0.893. The molecule has 1 amide bonds. The molecule has 25 heavy (non-hydrogen) atoms. The van der Waals surface area contributed by atoms with E-state index in [0.29, 0.717) is 36.6 Å². The number of unbranched alkanes of at least 4 members (excludes halogenated alkanes) is 1. The molecule has 0 aliphatic heterocycles. The fraction of sp³-hybridized carbons (Fsp3) is 0.600. The Kier molecular flexibility index (Phi) is 9.01. The number of hydrogen-bond acceptors (Lipinski definition) is 4. The summed E-state index contributed by atoms with van der Waals surface area (Å²) in [5.74, 6) is 0.417. The van der Waals surface area contributed by atoms with E-state index in [2.05, 4.69) is 18.3 Å². The van der Waals surface area contributed by atoms with Gasteiger partial charge in [0.1, 0.15) is 17.4 Å². The number of benzene rings is 1. The van der Waals surface area contributed by atoms with Gasteiger partial charge in [0.25, 0.3) is 5.91 Å². The molecule has 0 heterocycles. The Morgan fingerprint density at radius 2 is 1.92 bits per heavy atom. The fourth-order valence-corrected chi connectivity index (χ4v) is 2.38. The standard InChI is InChI=1S/C20H30N2O3/c1-5-8-11-20(4,25-13-7-3)19(23)22-18-10-9-17(24-12-6-2)14-16(18)15-21/h9-10,14H,5-8,11-13H2,1-4H3,(H,22,23). The van der Waals surface area contributed by atoms with Crippen molar-refractivity contribution in [2.45, 2.75) is 65.4 Å². The van der Waals surface area contributed by atoms with E-state index in [9.17, 15) is 10.1 Å². The van der Waals surface area contributed by atoms with Gasteiger partial charge in [-0.05, 0) is 44.4 Å². The van der Waals surface area contributed by atoms with Gasteiger partial charge in [0, 0.05) is 6.61 Å². The predicted octanol–water partition coefficient (Wildman–Crippen LogP) is 4.66. The Bertz CT molecular complexity index is 585. The van der Waals surface area contributed by atoms with Gasteiger partial charge < -0.3 is 14.8 Å². The molecule has 0 aliphatic carbocycles. The molecule has 1 N–H and O–H groups in total. The van der Waals surface area contributed by atoms with E-state index in [1.165, 1.54) is 0 Å². The van der Waals surface area contributed by atoms with Gasteiger partial charge >= 0.3 is 0 Å². The Morgan fingerprint density at radius 1 is 1.20 bits per heavy atom. The second kappa shape index (κ2) is 10.7. The van der Waals surface area contributed by atoms with Gasteiger partial charge in [0.05, 0.1) is 17.9 Å². The Morgan fingerprint density at radius 3 is 2.52 bits per heavy atom. The van der Waals surface area contributed by atoms with Crippen LogP contribution in [0.15, 0.2) is 18.2 Å². The van der Waals surface area contributed by atoms with Crippen molar-refractivity contribution < 1.29 is 14.3 Å². The highest BCUT2D eigenvalue weighted by atomic mass is 16.5. The molecule has 0 saturated heterocycles. The molecule has 5 heteroatoms. The first-order valence-corrected chi connectivity index (χ1v) is 9.13. The second-order valence-corrected chi connectivity index (χ2v) is 6.30. The SMILES string of the molecule is CCCCC(C)(OCCC)C(=O)Nc1ccc(OCCC)cc1C#N. The molecule has 0 aromatic heterocycles. The van der Waals surface area contributed by atoms with Crippen molar-refractivity contribution in [2.75, 3.05) is 18.5 Å². The molecule has 138 valence electrons. The summed E-state index contributed by atoms with van der Waals surface area (Å²) in [6.07, 6.45) is 4.29. The van der Waals surface area contributed by atoms with Crippen LogP contribution in [0.3, 0.4) is 0 Å². The molecule has 1 aromatic carbocycles.